The number of aromatic nitrogens is 1. The van der Waals surface area contributed by atoms with Gasteiger partial charge in [0.15, 0.2) is 0 Å². The summed E-state index contributed by atoms with van der Waals surface area (Å²) < 4.78 is 11.5. The average Bonchev–Trinajstić information content (AvgIpc) is 1.92. The number of ether oxygens (including phenoxy) is 2. The van der Waals surface area contributed by atoms with Crippen LogP contribution in [0.1, 0.15) is 65.4 Å². The summed E-state index contributed by atoms with van der Waals surface area (Å²) in [5, 5.41) is 22.2. The highest BCUT2D eigenvalue weighted by molar-refractivity contribution is 6.19. The topological polar surface area (TPSA) is 328 Å². The van der Waals surface area contributed by atoms with E-state index in [2.05, 4.69) is 47.1 Å². The van der Waals surface area contributed by atoms with Gasteiger partial charge in [-0.15, -0.1) is 11.6 Å². The van der Waals surface area contributed by atoms with Crippen LogP contribution in [0, 0.1) is 5.92 Å². The fraction of sp³-hybridized carbons (Fsp3) is 0.400. The standard InChI is InChI=1S/C60H72ClN13O12/c1-36(2)55(66-21-20-64-51(77)18-28-85-29-22-65-50(76)17-23-73-52(78)14-15-53(73)79)58(82)70-46(34-63-19-16-49(62)75)57(81)67-40-10-8-37(9-11-40)56(80)68-41-12-13-44-38(30-41)31-45(69-44)59(83)74-35-39(33-61)54-43-7-5-4-6-42(43)48(32-47(54)74)86-60(84)72-26-24-71(3)25-27-72/h4-15,30-32,36,39,46,55,63,66,69H,16-29,33-35H2,1-3H3,(H2,62,75)(H,64,77)(H,65,76)(H,67,81)(H,68,80)(H,70,82)/t39-,46+,55+/m1/s1. The number of carbonyl (C=O) groups is 10. The lowest BCUT2D eigenvalue weighted by Gasteiger charge is -2.31. The number of carbonyl (C=O) groups excluding carboxylic acids is 10. The molecule has 4 aromatic carbocycles. The molecule has 25 nitrogen and oxygen atoms in total. The number of amides is 10. The lowest BCUT2D eigenvalue weighted by Crippen LogP contribution is -2.56. The van der Waals surface area contributed by atoms with Gasteiger partial charge in [0.1, 0.15) is 17.5 Å². The van der Waals surface area contributed by atoms with Crippen molar-refractivity contribution in [2.24, 2.45) is 11.7 Å². The Morgan fingerprint density at radius 1 is 0.756 bits per heavy atom. The predicted octanol–water partition coefficient (Wildman–Crippen LogP) is 2.76. The zero-order valence-electron chi connectivity index (χ0n) is 48.1. The van der Waals surface area contributed by atoms with E-state index in [4.69, 9.17) is 26.8 Å². The number of primary amides is 1. The number of hydrogen-bond acceptors (Lipinski definition) is 15. The minimum atomic E-state index is -1.12. The molecule has 0 aliphatic carbocycles. The fourth-order valence-electron chi connectivity index (χ4n) is 10.1. The van der Waals surface area contributed by atoms with Crippen molar-refractivity contribution in [1.29, 1.82) is 0 Å². The van der Waals surface area contributed by atoms with E-state index in [9.17, 15) is 47.9 Å². The minimum absolute atomic E-state index is 0.00632. The maximum atomic E-state index is 14.5. The number of halogens is 1. The molecule has 0 spiro atoms. The molecule has 0 saturated carbocycles. The Balaban J connectivity index is 0.816. The number of nitrogens with two attached hydrogens (primary N) is 1. The Bertz CT molecular complexity index is 3360. The van der Waals surface area contributed by atoms with E-state index in [0.717, 1.165) is 46.5 Å². The molecular weight excluding hydrogens is 1130 g/mol. The normalized spacial score (nSPS) is 15.6. The van der Waals surface area contributed by atoms with E-state index in [-0.39, 0.29) is 113 Å². The molecule has 10 amide bonds. The molecule has 10 N–H and O–H groups in total. The number of H-pyrrole nitrogens is 1. The second-order valence-electron chi connectivity index (χ2n) is 21.4. The van der Waals surface area contributed by atoms with Gasteiger partial charge in [-0.2, -0.15) is 0 Å². The van der Waals surface area contributed by atoms with Crippen molar-refractivity contribution < 1.29 is 57.4 Å². The van der Waals surface area contributed by atoms with Gasteiger partial charge in [0, 0.05) is 154 Å². The van der Waals surface area contributed by atoms with Crippen molar-refractivity contribution in [2.75, 3.05) is 114 Å². The summed E-state index contributed by atoms with van der Waals surface area (Å²) in [5.41, 5.74) is 8.83. The quantitative estimate of drug-likeness (QED) is 0.0198. The molecular formula is C60H72ClN13O12. The van der Waals surface area contributed by atoms with Crippen LogP contribution in [0.25, 0.3) is 21.7 Å². The number of fused-ring (bicyclic) bond motifs is 4. The number of likely N-dealkylation sites (N-methyl/N-ethyl adjacent to an activating group) is 1. The number of benzene rings is 4. The van der Waals surface area contributed by atoms with E-state index in [1.165, 1.54) is 12.1 Å². The molecule has 4 heterocycles. The molecule has 0 bridgehead atoms. The molecule has 1 fully saturated rings. The summed E-state index contributed by atoms with van der Waals surface area (Å²) >= 11 is 6.56. The van der Waals surface area contributed by atoms with Crippen LogP contribution in [0.2, 0.25) is 0 Å². The summed E-state index contributed by atoms with van der Waals surface area (Å²) in [6, 6.07) is 20.5. The highest BCUT2D eigenvalue weighted by atomic mass is 35.5. The van der Waals surface area contributed by atoms with Gasteiger partial charge in [-0.25, -0.2) is 4.79 Å². The average molecular weight is 1200 g/mol. The lowest BCUT2D eigenvalue weighted by molar-refractivity contribution is -0.137. The van der Waals surface area contributed by atoms with Gasteiger partial charge in [0.25, 0.3) is 23.6 Å². The van der Waals surface area contributed by atoms with Crippen molar-refractivity contribution in [3.63, 3.8) is 0 Å². The first-order valence-corrected chi connectivity index (χ1v) is 29.0. The number of imide groups is 1. The second kappa shape index (κ2) is 29.9. The minimum Gasteiger partial charge on any atom is -0.409 e. The largest absolute Gasteiger partial charge is 0.415 e. The third kappa shape index (κ3) is 16.6. The molecule has 456 valence electrons. The molecule has 3 aliphatic rings. The van der Waals surface area contributed by atoms with Gasteiger partial charge >= 0.3 is 6.09 Å². The molecule has 0 radical (unpaired) electrons. The Morgan fingerprint density at radius 2 is 1.45 bits per heavy atom. The number of anilines is 3. The zero-order valence-corrected chi connectivity index (χ0v) is 48.9. The summed E-state index contributed by atoms with van der Waals surface area (Å²) in [6.07, 6.45) is 1.83. The number of rotatable bonds is 28. The summed E-state index contributed by atoms with van der Waals surface area (Å²) in [6.45, 7) is 7.31. The van der Waals surface area contributed by atoms with Crippen LogP contribution >= 0.6 is 11.6 Å². The van der Waals surface area contributed by atoms with Gasteiger partial charge in [-0.05, 0) is 72.4 Å². The molecule has 26 heteroatoms. The summed E-state index contributed by atoms with van der Waals surface area (Å²) in [5.74, 6) is -3.80. The Morgan fingerprint density at radius 3 is 2.16 bits per heavy atom. The maximum Gasteiger partial charge on any atom is 0.415 e. The number of alkyl halides is 1. The molecule has 1 saturated heterocycles. The summed E-state index contributed by atoms with van der Waals surface area (Å²) in [7, 11) is 2.01. The van der Waals surface area contributed by atoms with Gasteiger partial charge in [0.05, 0.1) is 24.9 Å². The second-order valence-corrected chi connectivity index (χ2v) is 21.7. The van der Waals surface area contributed by atoms with Gasteiger partial charge in [0.2, 0.25) is 29.5 Å². The van der Waals surface area contributed by atoms with Crippen LogP contribution in [0.15, 0.2) is 91.0 Å². The van der Waals surface area contributed by atoms with Gasteiger partial charge in [-0.1, -0.05) is 38.1 Å². The number of hydrogen-bond donors (Lipinski definition) is 9. The Kier molecular flexibility index (Phi) is 22.0. The fourth-order valence-corrected chi connectivity index (χ4v) is 10.4. The first kappa shape index (κ1) is 63.3. The third-order valence-electron chi connectivity index (χ3n) is 14.8. The summed E-state index contributed by atoms with van der Waals surface area (Å²) in [4.78, 5) is 138. The van der Waals surface area contributed by atoms with Crippen LogP contribution in [0.3, 0.4) is 0 Å². The van der Waals surface area contributed by atoms with Crippen LogP contribution in [0.4, 0.5) is 21.9 Å². The van der Waals surface area contributed by atoms with Crippen LogP contribution in [-0.2, 0) is 38.3 Å². The van der Waals surface area contributed by atoms with E-state index in [0.29, 0.717) is 59.0 Å². The van der Waals surface area contributed by atoms with Gasteiger partial charge < -0.3 is 72.1 Å². The first-order valence-electron chi connectivity index (χ1n) is 28.5. The molecule has 86 heavy (non-hydrogen) atoms. The van der Waals surface area contributed by atoms with Crippen LogP contribution < -0.4 is 52.6 Å². The molecule has 5 aromatic rings. The molecule has 8 rings (SSSR count). The SMILES string of the molecule is CC(C)[C@H](NCCNC(=O)CCOCCNC(=O)CCN1C(=O)C=CC1=O)C(=O)N[C@@H](CNCCC(N)=O)C(=O)Nc1ccc(C(=O)Nc2ccc3[nH]c(C(=O)N4C[C@@H](CCl)c5c4cc(OC(=O)N4CCN(C)CC4)c4ccccc54)cc3c2)cc1. The highest BCUT2D eigenvalue weighted by Crippen LogP contribution is 2.46. The maximum absolute atomic E-state index is 14.5. The molecule has 3 atom stereocenters. The third-order valence-corrected chi connectivity index (χ3v) is 15.2. The van der Waals surface area contributed by atoms with Crippen LogP contribution in [0.5, 0.6) is 5.75 Å². The predicted molar refractivity (Wildman–Crippen MR) is 323 cm³/mol. The number of aromatic amines is 1. The molecule has 0 unspecified atom stereocenters. The molecule has 1 aromatic heterocycles. The monoisotopic (exact) mass is 1200 g/mol. The highest BCUT2D eigenvalue weighted by Gasteiger charge is 2.37. The van der Waals surface area contributed by atoms with Crippen molar-refractivity contribution in [1.82, 2.24) is 46.3 Å². The smallest absolute Gasteiger partial charge is 0.409 e. The number of piperazine rings is 1. The first-order chi connectivity index (χ1) is 41.4. The number of nitrogens with one attached hydrogen (secondary N) is 8. The van der Waals surface area contributed by atoms with Gasteiger partial charge in [-0.3, -0.25) is 48.1 Å². The van der Waals surface area contributed by atoms with E-state index in [1.54, 1.807) is 52.3 Å². The number of nitrogens with zero attached hydrogens (tertiary/aromatic N) is 4. The van der Waals surface area contributed by atoms with Crippen molar-refractivity contribution in [3.05, 3.63) is 108 Å². The van der Waals surface area contributed by atoms with E-state index < -0.39 is 53.6 Å². The lowest BCUT2D eigenvalue weighted by atomic mass is 9.95. The van der Waals surface area contributed by atoms with E-state index >= 15 is 0 Å². The van der Waals surface area contributed by atoms with Crippen molar-refractivity contribution >= 4 is 110 Å². The zero-order chi connectivity index (χ0) is 61.4. The van der Waals surface area contributed by atoms with Crippen LogP contribution in [-0.4, -0.2) is 189 Å². The van der Waals surface area contributed by atoms with E-state index in [1.807, 2.05) is 45.2 Å². The Labute approximate surface area is 501 Å². The van der Waals surface area contributed by atoms with Crippen molar-refractivity contribution in [3.8, 4) is 5.75 Å². The Hall–Kier alpha value is -8.75. The van der Waals surface area contributed by atoms with Crippen molar-refractivity contribution in [2.45, 2.75) is 51.1 Å². The molecule has 3 aliphatic heterocycles.